The minimum Gasteiger partial charge on any atom is -0.363 e. The van der Waals surface area contributed by atoms with E-state index in [9.17, 15) is 0 Å². The molecule has 1 unspecified atom stereocenters. The second kappa shape index (κ2) is 18.0. The van der Waals surface area contributed by atoms with Gasteiger partial charge in [-0.2, -0.15) is 0 Å². The third-order valence-electron chi connectivity index (χ3n) is 6.00. The molecule has 0 bridgehead atoms. The number of benzene rings is 2. The van der Waals surface area contributed by atoms with Gasteiger partial charge in [0, 0.05) is 10.6 Å². The molecule has 0 saturated heterocycles. The monoisotopic (exact) mass is 508 g/mol. The summed E-state index contributed by atoms with van der Waals surface area (Å²) in [7, 11) is 0. The third kappa shape index (κ3) is 9.62. The molecule has 1 heterocycles. The normalized spacial score (nSPS) is 12.4. The van der Waals surface area contributed by atoms with Crippen LogP contribution >= 0.6 is 11.6 Å². The first-order chi connectivity index (χ1) is 17.5. The number of unbranched alkanes of at least 4 members (excludes halogenated alkanes) is 1. The van der Waals surface area contributed by atoms with E-state index >= 15 is 0 Å². The zero-order valence-corrected chi connectivity index (χ0v) is 24.8. The summed E-state index contributed by atoms with van der Waals surface area (Å²) in [5.41, 5.74) is 7.35. The summed E-state index contributed by atoms with van der Waals surface area (Å²) in [5, 5.41) is 4.45. The van der Waals surface area contributed by atoms with Crippen molar-refractivity contribution in [2.45, 2.75) is 106 Å². The van der Waals surface area contributed by atoms with Gasteiger partial charge >= 0.3 is 0 Å². The molecule has 3 heteroatoms. The molecule has 0 aliphatic heterocycles. The lowest BCUT2D eigenvalue weighted by Gasteiger charge is -2.24. The van der Waals surface area contributed by atoms with Crippen molar-refractivity contribution in [3.63, 3.8) is 0 Å². The largest absolute Gasteiger partial charge is 0.363 e. The van der Waals surface area contributed by atoms with Gasteiger partial charge in [0.25, 0.3) is 0 Å². The van der Waals surface area contributed by atoms with Crippen LogP contribution in [0.2, 0.25) is 5.02 Å². The van der Waals surface area contributed by atoms with Crippen LogP contribution in [0.4, 0.5) is 5.82 Å². The summed E-state index contributed by atoms with van der Waals surface area (Å²) in [6.07, 6.45) is 8.57. The van der Waals surface area contributed by atoms with Crippen LogP contribution in [0.1, 0.15) is 109 Å². The first-order valence-electron chi connectivity index (χ1n) is 14.1. The molecule has 0 spiro atoms. The van der Waals surface area contributed by atoms with Crippen LogP contribution in [0.5, 0.6) is 0 Å². The van der Waals surface area contributed by atoms with Gasteiger partial charge in [0.2, 0.25) is 0 Å². The first kappa shape index (κ1) is 31.7. The van der Waals surface area contributed by atoms with Crippen LogP contribution in [0, 0.1) is 6.92 Å². The lowest BCUT2D eigenvalue weighted by molar-refractivity contribution is 0.681. The number of halogens is 1. The predicted octanol–water partition coefficient (Wildman–Crippen LogP) is 11.0. The number of rotatable bonds is 5. The Morgan fingerprint density at radius 2 is 1.47 bits per heavy atom. The van der Waals surface area contributed by atoms with E-state index in [2.05, 4.69) is 83.3 Å². The second-order valence-electron chi connectivity index (χ2n) is 9.11. The predicted molar refractivity (Wildman–Crippen MR) is 162 cm³/mol. The molecule has 2 nitrogen and oxygen atoms in total. The number of pyridine rings is 1. The van der Waals surface area contributed by atoms with Crippen LogP contribution in [0.25, 0.3) is 11.3 Å². The SMILES string of the molecule is CC.CCC.CCCC.Cc1ccccc1C(C)Nc1nc(-c2ccccc2Cl)cc2c1CCCC2. The minimum atomic E-state index is 0.200. The zero-order valence-electron chi connectivity index (χ0n) is 24.0. The average Bonchev–Trinajstić information content (AvgIpc) is 2.91. The molecule has 1 aliphatic carbocycles. The molecular weight excluding hydrogens is 460 g/mol. The summed E-state index contributed by atoms with van der Waals surface area (Å²) in [6.45, 7) is 17.0. The molecule has 1 aliphatic rings. The van der Waals surface area contributed by atoms with Crippen molar-refractivity contribution >= 4 is 17.4 Å². The van der Waals surface area contributed by atoms with E-state index in [1.807, 2.05) is 32.0 Å². The van der Waals surface area contributed by atoms with Crippen LogP contribution in [-0.4, -0.2) is 4.98 Å². The molecule has 3 aromatic rings. The Labute approximate surface area is 226 Å². The van der Waals surface area contributed by atoms with Crippen molar-refractivity contribution in [1.82, 2.24) is 4.98 Å². The summed E-state index contributed by atoms with van der Waals surface area (Å²) < 4.78 is 0. The highest BCUT2D eigenvalue weighted by molar-refractivity contribution is 6.33. The van der Waals surface area contributed by atoms with Crippen LogP contribution < -0.4 is 5.32 Å². The maximum absolute atomic E-state index is 6.46. The Morgan fingerprint density at radius 1 is 0.889 bits per heavy atom. The highest BCUT2D eigenvalue weighted by atomic mass is 35.5. The van der Waals surface area contributed by atoms with E-state index in [1.165, 1.54) is 54.4 Å². The van der Waals surface area contributed by atoms with Crippen molar-refractivity contribution in [2.75, 3.05) is 5.32 Å². The van der Waals surface area contributed by atoms with E-state index in [1.54, 1.807) is 0 Å². The van der Waals surface area contributed by atoms with E-state index in [-0.39, 0.29) is 6.04 Å². The van der Waals surface area contributed by atoms with Gasteiger partial charge in [-0.25, -0.2) is 4.98 Å². The highest BCUT2D eigenvalue weighted by Gasteiger charge is 2.19. The topological polar surface area (TPSA) is 24.9 Å². The number of aryl methyl sites for hydroxylation is 2. The van der Waals surface area contributed by atoms with E-state index in [0.717, 1.165) is 34.9 Å². The van der Waals surface area contributed by atoms with E-state index in [4.69, 9.17) is 16.6 Å². The molecule has 1 N–H and O–H groups in total. The number of aromatic nitrogens is 1. The van der Waals surface area contributed by atoms with Crippen LogP contribution in [0.3, 0.4) is 0 Å². The van der Waals surface area contributed by atoms with Gasteiger partial charge in [0.05, 0.1) is 11.7 Å². The number of hydrogen-bond acceptors (Lipinski definition) is 2. The average molecular weight is 509 g/mol. The van der Waals surface area contributed by atoms with Crippen LogP contribution in [0.15, 0.2) is 54.6 Å². The van der Waals surface area contributed by atoms with Crippen molar-refractivity contribution in [1.29, 1.82) is 0 Å². The molecule has 0 amide bonds. The van der Waals surface area contributed by atoms with Crippen molar-refractivity contribution in [2.24, 2.45) is 0 Å². The highest BCUT2D eigenvalue weighted by Crippen LogP contribution is 2.35. The fourth-order valence-corrected chi connectivity index (χ4v) is 4.26. The molecule has 1 atom stereocenters. The Kier molecular flexibility index (Phi) is 15.9. The second-order valence-corrected chi connectivity index (χ2v) is 9.52. The van der Waals surface area contributed by atoms with Gasteiger partial charge < -0.3 is 5.32 Å². The fraction of sp³-hybridized carbons (Fsp3) is 0.485. The summed E-state index contributed by atoms with van der Waals surface area (Å²) >= 11 is 6.46. The Hall–Kier alpha value is -2.32. The number of nitrogens with one attached hydrogen (secondary N) is 1. The van der Waals surface area contributed by atoms with Gasteiger partial charge in [-0.3, -0.25) is 0 Å². The van der Waals surface area contributed by atoms with Gasteiger partial charge in [-0.1, -0.05) is 115 Å². The molecule has 0 saturated carbocycles. The standard InChI is InChI=1S/C24H25ClN2.C4H10.C3H8.C2H6/c1-16-9-3-5-11-19(16)17(2)26-24-20-12-6-4-10-18(20)15-23(27-24)21-13-7-8-14-22(21)25;1-3-4-2;1-3-2;1-2/h3,5,7-9,11,13-15,17H,4,6,10,12H2,1-2H3,(H,26,27);3-4H2,1-2H3;3H2,1-2H3;1-2H3. The molecular formula is C33H49ClN2. The molecule has 0 radical (unpaired) electrons. The summed E-state index contributed by atoms with van der Waals surface area (Å²) in [4.78, 5) is 5.02. The number of nitrogens with zero attached hydrogens (tertiary/aromatic N) is 1. The summed E-state index contributed by atoms with van der Waals surface area (Å²) in [5.74, 6) is 1.01. The van der Waals surface area contributed by atoms with Crippen molar-refractivity contribution in [3.05, 3.63) is 81.9 Å². The Morgan fingerprint density at radius 3 is 2.08 bits per heavy atom. The van der Waals surface area contributed by atoms with Crippen molar-refractivity contribution < 1.29 is 0 Å². The zero-order chi connectivity index (χ0) is 26.9. The lowest BCUT2D eigenvalue weighted by atomic mass is 9.90. The molecule has 198 valence electrons. The van der Waals surface area contributed by atoms with Crippen molar-refractivity contribution in [3.8, 4) is 11.3 Å². The Balaban J connectivity index is 0.000000633. The summed E-state index contributed by atoms with van der Waals surface area (Å²) in [6, 6.07) is 18.9. The maximum atomic E-state index is 6.46. The van der Waals surface area contributed by atoms with Gasteiger partial charge in [0.15, 0.2) is 0 Å². The number of hydrogen-bond donors (Lipinski definition) is 1. The quantitative estimate of drug-likeness (QED) is 0.370. The molecule has 0 fully saturated rings. The van der Waals surface area contributed by atoms with E-state index in [0.29, 0.717) is 0 Å². The smallest absolute Gasteiger partial charge is 0.130 e. The molecule has 1 aromatic heterocycles. The van der Waals surface area contributed by atoms with Gasteiger partial charge in [0.1, 0.15) is 5.82 Å². The lowest BCUT2D eigenvalue weighted by Crippen LogP contribution is -2.15. The van der Waals surface area contributed by atoms with Gasteiger partial charge in [-0.15, -0.1) is 0 Å². The maximum Gasteiger partial charge on any atom is 0.130 e. The minimum absolute atomic E-state index is 0.200. The van der Waals surface area contributed by atoms with Gasteiger partial charge in [-0.05, 0) is 73.9 Å². The molecule has 36 heavy (non-hydrogen) atoms. The first-order valence-corrected chi connectivity index (χ1v) is 14.4. The molecule has 2 aromatic carbocycles. The van der Waals surface area contributed by atoms with E-state index < -0.39 is 0 Å². The fourth-order valence-electron chi connectivity index (χ4n) is 4.03. The Bertz CT molecular complexity index is 1010. The van der Waals surface area contributed by atoms with Crippen LogP contribution in [-0.2, 0) is 12.8 Å². The molecule has 4 rings (SSSR count). The number of fused-ring (bicyclic) bond motifs is 1. The third-order valence-corrected chi connectivity index (χ3v) is 6.33. The number of anilines is 1.